The molecule has 1 unspecified atom stereocenters. The topological polar surface area (TPSA) is 58.6 Å². The van der Waals surface area contributed by atoms with Crippen molar-refractivity contribution in [2.45, 2.75) is 56.4 Å². The normalized spacial score (nSPS) is 21.6. The molecule has 1 N–H and O–H groups in total. The molecule has 1 aliphatic heterocycles. The Balaban J connectivity index is 1.69. The summed E-state index contributed by atoms with van der Waals surface area (Å²) in [5.41, 5.74) is 1.07. The molecular weight excluding hydrogens is 348 g/mol. The molecule has 1 atom stereocenters. The van der Waals surface area contributed by atoms with Gasteiger partial charge < -0.3 is 4.74 Å². The van der Waals surface area contributed by atoms with Gasteiger partial charge in [0.2, 0.25) is 10.0 Å². The van der Waals surface area contributed by atoms with E-state index in [1.54, 1.807) is 12.1 Å². The zero-order chi connectivity index (χ0) is 18.4. The van der Waals surface area contributed by atoms with Gasteiger partial charge in [-0.3, -0.25) is 4.90 Å². The predicted molar refractivity (Wildman–Crippen MR) is 104 cm³/mol. The first kappa shape index (κ1) is 19.8. The summed E-state index contributed by atoms with van der Waals surface area (Å²) in [5, 5.41) is 0. The average molecular weight is 381 g/mol. The van der Waals surface area contributed by atoms with E-state index in [0.717, 1.165) is 44.8 Å². The first-order valence-corrected chi connectivity index (χ1v) is 11.4. The summed E-state index contributed by atoms with van der Waals surface area (Å²) in [7, 11) is -3.49. The van der Waals surface area contributed by atoms with Gasteiger partial charge in [0.1, 0.15) is 0 Å². The third-order valence-electron chi connectivity index (χ3n) is 5.58. The Morgan fingerprint density at radius 2 is 1.77 bits per heavy atom. The maximum atomic E-state index is 12.9. The van der Waals surface area contributed by atoms with Crippen LogP contribution in [-0.4, -0.2) is 52.2 Å². The van der Waals surface area contributed by atoms with Gasteiger partial charge in [-0.1, -0.05) is 49.8 Å². The number of benzene rings is 1. The van der Waals surface area contributed by atoms with Crippen LogP contribution in [-0.2, 0) is 14.8 Å². The second-order valence-electron chi connectivity index (χ2n) is 7.78. The second-order valence-corrected chi connectivity index (χ2v) is 9.50. The predicted octanol–water partition coefficient (Wildman–Crippen LogP) is 2.94. The van der Waals surface area contributed by atoms with E-state index in [-0.39, 0.29) is 6.04 Å². The van der Waals surface area contributed by atoms with Crippen LogP contribution in [0, 0.1) is 12.8 Å². The van der Waals surface area contributed by atoms with E-state index in [0.29, 0.717) is 10.8 Å². The summed E-state index contributed by atoms with van der Waals surface area (Å²) in [5.74, 6) is 0.635. The van der Waals surface area contributed by atoms with E-state index in [2.05, 4.69) is 9.62 Å². The Morgan fingerprint density at radius 3 is 2.42 bits per heavy atom. The Morgan fingerprint density at radius 1 is 1.12 bits per heavy atom. The largest absolute Gasteiger partial charge is 0.379 e. The molecule has 2 fully saturated rings. The van der Waals surface area contributed by atoms with Gasteiger partial charge >= 0.3 is 0 Å². The van der Waals surface area contributed by atoms with E-state index in [9.17, 15) is 8.42 Å². The van der Waals surface area contributed by atoms with E-state index in [4.69, 9.17) is 4.74 Å². The van der Waals surface area contributed by atoms with Crippen LogP contribution in [0.15, 0.2) is 29.2 Å². The third kappa shape index (κ3) is 5.78. The fraction of sp³-hybridized carbons (Fsp3) is 0.700. The van der Waals surface area contributed by atoms with Gasteiger partial charge in [0.15, 0.2) is 0 Å². The van der Waals surface area contributed by atoms with Crippen LogP contribution >= 0.6 is 0 Å². The monoisotopic (exact) mass is 380 g/mol. The van der Waals surface area contributed by atoms with Crippen LogP contribution in [0.2, 0.25) is 0 Å². The van der Waals surface area contributed by atoms with E-state index in [1.807, 2.05) is 19.1 Å². The molecule has 1 saturated heterocycles. The SMILES string of the molecule is Cc1ccc(S(=O)(=O)NC(CC2CCCCC2)CN2CCOCC2)cc1. The molecule has 0 amide bonds. The molecule has 26 heavy (non-hydrogen) atoms. The highest BCUT2D eigenvalue weighted by Gasteiger charge is 2.26. The molecular formula is C20H32N2O3S. The summed E-state index contributed by atoms with van der Waals surface area (Å²) >= 11 is 0. The number of hydrogen-bond donors (Lipinski definition) is 1. The molecule has 3 rings (SSSR count). The molecule has 1 aliphatic carbocycles. The number of ether oxygens (including phenoxy) is 1. The van der Waals surface area contributed by atoms with Crippen molar-refractivity contribution in [3.63, 3.8) is 0 Å². The van der Waals surface area contributed by atoms with Gasteiger partial charge in [0.05, 0.1) is 18.1 Å². The van der Waals surface area contributed by atoms with Crippen molar-refractivity contribution in [1.82, 2.24) is 9.62 Å². The number of aryl methyl sites for hydroxylation is 1. The van der Waals surface area contributed by atoms with Crippen LogP contribution < -0.4 is 4.72 Å². The quantitative estimate of drug-likeness (QED) is 0.790. The van der Waals surface area contributed by atoms with Crippen LogP contribution in [0.5, 0.6) is 0 Å². The van der Waals surface area contributed by atoms with Gasteiger partial charge in [0, 0.05) is 25.7 Å². The van der Waals surface area contributed by atoms with Gasteiger partial charge in [-0.2, -0.15) is 0 Å². The van der Waals surface area contributed by atoms with Crippen molar-refractivity contribution in [1.29, 1.82) is 0 Å². The van der Waals surface area contributed by atoms with E-state index < -0.39 is 10.0 Å². The zero-order valence-electron chi connectivity index (χ0n) is 15.8. The number of morpholine rings is 1. The lowest BCUT2D eigenvalue weighted by atomic mass is 9.85. The molecule has 0 radical (unpaired) electrons. The molecule has 6 heteroatoms. The van der Waals surface area contributed by atoms with Gasteiger partial charge in [-0.25, -0.2) is 13.1 Å². The summed E-state index contributed by atoms with van der Waals surface area (Å²) < 4.78 is 34.2. The molecule has 1 aromatic carbocycles. The Kier molecular flexibility index (Phi) is 7.09. The zero-order valence-corrected chi connectivity index (χ0v) is 16.6. The van der Waals surface area contributed by atoms with Gasteiger partial charge in [-0.05, 0) is 31.4 Å². The lowest BCUT2D eigenvalue weighted by Gasteiger charge is -2.33. The maximum Gasteiger partial charge on any atom is 0.240 e. The lowest BCUT2D eigenvalue weighted by Crippen LogP contribution is -2.48. The summed E-state index contributed by atoms with van der Waals surface area (Å²) in [6, 6.07) is 7.07. The summed E-state index contributed by atoms with van der Waals surface area (Å²) in [4.78, 5) is 2.69. The van der Waals surface area contributed by atoms with Crippen molar-refractivity contribution < 1.29 is 13.2 Å². The molecule has 2 aliphatic rings. The second kappa shape index (κ2) is 9.31. The Labute approximate surface area is 158 Å². The van der Waals surface area contributed by atoms with Crippen molar-refractivity contribution in [2.75, 3.05) is 32.8 Å². The van der Waals surface area contributed by atoms with Crippen LogP contribution in [0.4, 0.5) is 0 Å². The highest BCUT2D eigenvalue weighted by atomic mass is 32.2. The fourth-order valence-electron chi connectivity index (χ4n) is 4.09. The van der Waals surface area contributed by atoms with Crippen molar-refractivity contribution in [2.24, 2.45) is 5.92 Å². The number of sulfonamides is 1. The van der Waals surface area contributed by atoms with Crippen molar-refractivity contribution in [3.05, 3.63) is 29.8 Å². The number of nitrogens with zero attached hydrogens (tertiary/aromatic N) is 1. The molecule has 1 heterocycles. The summed E-state index contributed by atoms with van der Waals surface area (Å²) in [6.45, 7) is 5.97. The Bertz CT molecular complexity index is 628. The Hall–Kier alpha value is -0.950. The molecule has 1 aromatic rings. The lowest BCUT2D eigenvalue weighted by molar-refractivity contribution is 0.0331. The van der Waals surface area contributed by atoms with E-state index >= 15 is 0 Å². The molecule has 0 spiro atoms. The smallest absolute Gasteiger partial charge is 0.240 e. The minimum atomic E-state index is -3.49. The molecule has 0 bridgehead atoms. The van der Waals surface area contributed by atoms with E-state index in [1.165, 1.54) is 32.1 Å². The summed E-state index contributed by atoms with van der Waals surface area (Å²) in [6.07, 6.45) is 7.26. The number of rotatable bonds is 7. The van der Waals surface area contributed by atoms with Crippen LogP contribution in [0.1, 0.15) is 44.1 Å². The van der Waals surface area contributed by atoms with Gasteiger partial charge in [-0.15, -0.1) is 0 Å². The van der Waals surface area contributed by atoms with Gasteiger partial charge in [0.25, 0.3) is 0 Å². The minimum absolute atomic E-state index is 0.0393. The number of hydrogen-bond acceptors (Lipinski definition) is 4. The first-order valence-electron chi connectivity index (χ1n) is 9.92. The molecule has 5 nitrogen and oxygen atoms in total. The fourth-order valence-corrected chi connectivity index (χ4v) is 5.33. The van der Waals surface area contributed by atoms with Crippen LogP contribution in [0.25, 0.3) is 0 Å². The molecule has 146 valence electrons. The average Bonchev–Trinajstić information content (AvgIpc) is 2.63. The first-order chi connectivity index (χ1) is 12.5. The standard InChI is InChI=1S/C20H32N2O3S/c1-17-7-9-20(10-8-17)26(23,24)21-19(15-18-5-3-2-4-6-18)16-22-11-13-25-14-12-22/h7-10,18-19,21H,2-6,11-16H2,1H3. The molecule has 0 aromatic heterocycles. The van der Waals surface area contributed by atoms with Crippen molar-refractivity contribution in [3.8, 4) is 0 Å². The highest BCUT2D eigenvalue weighted by Crippen LogP contribution is 2.28. The minimum Gasteiger partial charge on any atom is -0.379 e. The number of nitrogens with one attached hydrogen (secondary N) is 1. The van der Waals surface area contributed by atoms with Crippen molar-refractivity contribution >= 4 is 10.0 Å². The maximum absolute atomic E-state index is 12.9. The molecule has 1 saturated carbocycles. The van der Waals surface area contributed by atoms with Crippen LogP contribution in [0.3, 0.4) is 0 Å². The third-order valence-corrected chi connectivity index (χ3v) is 7.11. The highest BCUT2D eigenvalue weighted by molar-refractivity contribution is 7.89.